The van der Waals surface area contributed by atoms with Crippen LogP contribution in [-0.4, -0.2) is 11.8 Å². The summed E-state index contributed by atoms with van der Waals surface area (Å²) in [4.78, 5) is 23.9. The van der Waals surface area contributed by atoms with Crippen LogP contribution < -0.4 is 10.6 Å². The Labute approximate surface area is 156 Å². The predicted octanol–water partition coefficient (Wildman–Crippen LogP) is 5.32. The molecule has 0 aliphatic rings. The molecule has 0 aromatic heterocycles. The highest BCUT2D eigenvalue weighted by Gasteiger charge is 2.11. The molecule has 0 unspecified atom stereocenters. The summed E-state index contributed by atoms with van der Waals surface area (Å²) in [5, 5.41) is 5.86. The average molecular weight is 352 g/mol. The molecule has 138 valence electrons. The molecule has 0 saturated carbocycles. The molecule has 2 N–H and O–H groups in total. The Bertz CT molecular complexity index is 670. The van der Waals surface area contributed by atoms with E-state index < -0.39 is 0 Å². The Kier molecular flexibility index (Phi) is 6.96. The van der Waals surface area contributed by atoms with Crippen molar-refractivity contribution in [2.75, 3.05) is 10.6 Å². The molecule has 0 spiro atoms. The second kappa shape index (κ2) is 9.18. The van der Waals surface area contributed by atoms with E-state index in [9.17, 15) is 9.59 Å². The van der Waals surface area contributed by atoms with Crippen LogP contribution in [0.4, 0.5) is 11.4 Å². The average Bonchev–Trinajstić information content (AvgIpc) is 2.67. The fourth-order valence-corrected chi connectivity index (χ4v) is 2.39. The number of nitrogens with one attached hydrogen (secondary N) is 2. The van der Waals surface area contributed by atoms with Crippen molar-refractivity contribution in [1.29, 1.82) is 0 Å². The molecule has 0 aliphatic heterocycles. The third-order valence-electron chi connectivity index (χ3n) is 4.76. The fourth-order valence-electron chi connectivity index (χ4n) is 2.39. The largest absolute Gasteiger partial charge is 0.326 e. The van der Waals surface area contributed by atoms with Gasteiger partial charge < -0.3 is 10.6 Å². The standard InChI is InChI=1S/C22H28N2O2/c1-5-15(3)21(25)23-19-11-7-17(8-12-19)18-9-13-20(14-10-18)24-22(26)16(4)6-2/h7-16H,5-6H2,1-4H3,(H,23,25)(H,24,26)/t15-,16-/m0/s1. The minimum atomic E-state index is 0.00728. The van der Waals surface area contributed by atoms with Crippen LogP contribution in [0.2, 0.25) is 0 Å². The molecule has 0 aliphatic carbocycles. The van der Waals surface area contributed by atoms with Gasteiger partial charge >= 0.3 is 0 Å². The van der Waals surface area contributed by atoms with Crippen molar-refractivity contribution in [1.82, 2.24) is 0 Å². The number of rotatable bonds is 7. The third-order valence-corrected chi connectivity index (χ3v) is 4.76. The van der Waals surface area contributed by atoms with E-state index in [0.29, 0.717) is 0 Å². The second-order valence-corrected chi connectivity index (χ2v) is 6.75. The van der Waals surface area contributed by atoms with E-state index in [2.05, 4.69) is 10.6 Å². The Morgan fingerprint density at radius 3 is 1.27 bits per heavy atom. The molecule has 2 aromatic carbocycles. The van der Waals surface area contributed by atoms with Crippen molar-refractivity contribution in [3.8, 4) is 11.1 Å². The lowest BCUT2D eigenvalue weighted by molar-refractivity contribution is -0.120. The van der Waals surface area contributed by atoms with Crippen LogP contribution in [0.25, 0.3) is 11.1 Å². The summed E-state index contributed by atoms with van der Waals surface area (Å²) in [6.45, 7) is 7.85. The van der Waals surface area contributed by atoms with Crippen molar-refractivity contribution < 1.29 is 9.59 Å². The first kappa shape index (κ1) is 19.7. The summed E-state index contributed by atoms with van der Waals surface area (Å²) in [6.07, 6.45) is 1.65. The molecule has 2 rings (SSSR count). The minimum Gasteiger partial charge on any atom is -0.326 e. The first-order chi connectivity index (χ1) is 12.4. The number of hydrogen-bond acceptors (Lipinski definition) is 2. The van der Waals surface area contributed by atoms with Crippen LogP contribution >= 0.6 is 0 Å². The van der Waals surface area contributed by atoms with Crippen molar-refractivity contribution in [3.05, 3.63) is 48.5 Å². The van der Waals surface area contributed by atoms with Crippen LogP contribution in [-0.2, 0) is 9.59 Å². The van der Waals surface area contributed by atoms with Crippen LogP contribution in [0.15, 0.2) is 48.5 Å². The number of hydrogen-bond donors (Lipinski definition) is 2. The van der Waals surface area contributed by atoms with Gasteiger partial charge in [-0.05, 0) is 48.2 Å². The van der Waals surface area contributed by atoms with Gasteiger partial charge in [-0.15, -0.1) is 0 Å². The molecule has 4 nitrogen and oxygen atoms in total. The molecule has 0 saturated heterocycles. The van der Waals surface area contributed by atoms with Gasteiger partial charge in [0.2, 0.25) is 11.8 Å². The smallest absolute Gasteiger partial charge is 0.227 e. The lowest BCUT2D eigenvalue weighted by Crippen LogP contribution is -2.19. The molecule has 0 bridgehead atoms. The number of anilines is 2. The molecular weight excluding hydrogens is 324 g/mol. The van der Waals surface area contributed by atoms with Gasteiger partial charge in [-0.2, -0.15) is 0 Å². The highest BCUT2D eigenvalue weighted by atomic mass is 16.2. The summed E-state index contributed by atoms with van der Waals surface area (Å²) in [5.74, 6) is 0.101. The lowest BCUT2D eigenvalue weighted by Gasteiger charge is -2.12. The Morgan fingerprint density at radius 2 is 1.00 bits per heavy atom. The number of amides is 2. The van der Waals surface area contributed by atoms with E-state index in [4.69, 9.17) is 0 Å². The second-order valence-electron chi connectivity index (χ2n) is 6.75. The van der Waals surface area contributed by atoms with E-state index in [1.807, 2.05) is 76.2 Å². The first-order valence-corrected chi connectivity index (χ1v) is 9.26. The van der Waals surface area contributed by atoms with Crippen LogP contribution in [0.3, 0.4) is 0 Å². The first-order valence-electron chi connectivity index (χ1n) is 9.26. The van der Waals surface area contributed by atoms with E-state index >= 15 is 0 Å². The molecule has 2 amide bonds. The van der Waals surface area contributed by atoms with Gasteiger partial charge in [-0.3, -0.25) is 9.59 Å². The quantitative estimate of drug-likeness (QED) is 0.708. The van der Waals surface area contributed by atoms with Gasteiger partial charge in [-0.25, -0.2) is 0 Å². The third kappa shape index (κ3) is 5.19. The van der Waals surface area contributed by atoms with Crippen molar-refractivity contribution in [2.24, 2.45) is 11.8 Å². The maximum absolute atomic E-state index is 11.9. The fraction of sp³-hybridized carbons (Fsp3) is 0.364. The monoisotopic (exact) mass is 352 g/mol. The van der Waals surface area contributed by atoms with Crippen molar-refractivity contribution in [2.45, 2.75) is 40.5 Å². The highest BCUT2D eigenvalue weighted by Crippen LogP contribution is 2.24. The van der Waals surface area contributed by atoms with E-state index in [1.165, 1.54) is 0 Å². The summed E-state index contributed by atoms with van der Waals surface area (Å²) >= 11 is 0. The topological polar surface area (TPSA) is 58.2 Å². The zero-order valence-electron chi connectivity index (χ0n) is 16.0. The molecule has 26 heavy (non-hydrogen) atoms. The van der Waals surface area contributed by atoms with Gasteiger partial charge in [0.05, 0.1) is 0 Å². The summed E-state index contributed by atoms with van der Waals surface area (Å²) in [7, 11) is 0. The van der Waals surface area contributed by atoms with Crippen molar-refractivity contribution >= 4 is 23.2 Å². The maximum atomic E-state index is 11.9. The van der Waals surface area contributed by atoms with E-state index in [0.717, 1.165) is 35.3 Å². The molecule has 2 atom stereocenters. The summed E-state index contributed by atoms with van der Waals surface area (Å²) < 4.78 is 0. The minimum absolute atomic E-state index is 0.00728. The lowest BCUT2D eigenvalue weighted by atomic mass is 10.0. The molecule has 2 aromatic rings. The molecule has 0 heterocycles. The van der Waals surface area contributed by atoms with Gasteiger partial charge in [0.25, 0.3) is 0 Å². The predicted molar refractivity (Wildman–Crippen MR) is 108 cm³/mol. The number of carbonyl (C=O) groups excluding carboxylic acids is 2. The van der Waals surface area contributed by atoms with E-state index in [-0.39, 0.29) is 23.7 Å². The van der Waals surface area contributed by atoms with Crippen LogP contribution in [0.5, 0.6) is 0 Å². The molecule has 0 fully saturated rings. The van der Waals surface area contributed by atoms with Crippen molar-refractivity contribution in [3.63, 3.8) is 0 Å². The molecular formula is C22H28N2O2. The Hall–Kier alpha value is -2.62. The Morgan fingerprint density at radius 1 is 0.692 bits per heavy atom. The number of benzene rings is 2. The normalized spacial score (nSPS) is 12.9. The van der Waals surface area contributed by atoms with E-state index in [1.54, 1.807) is 0 Å². The van der Waals surface area contributed by atoms with Crippen LogP contribution in [0, 0.1) is 11.8 Å². The van der Waals surface area contributed by atoms with Gasteiger partial charge in [0.15, 0.2) is 0 Å². The number of carbonyl (C=O) groups is 2. The zero-order chi connectivity index (χ0) is 19.1. The van der Waals surface area contributed by atoms with Gasteiger partial charge in [-0.1, -0.05) is 52.0 Å². The maximum Gasteiger partial charge on any atom is 0.227 e. The van der Waals surface area contributed by atoms with Crippen LogP contribution in [0.1, 0.15) is 40.5 Å². The molecule has 4 heteroatoms. The van der Waals surface area contributed by atoms with Gasteiger partial charge in [0, 0.05) is 23.2 Å². The highest BCUT2D eigenvalue weighted by molar-refractivity contribution is 5.93. The zero-order valence-corrected chi connectivity index (χ0v) is 16.0. The molecule has 0 radical (unpaired) electrons. The Balaban J connectivity index is 2.03. The summed E-state index contributed by atoms with van der Waals surface area (Å²) in [6, 6.07) is 15.6. The van der Waals surface area contributed by atoms with Gasteiger partial charge in [0.1, 0.15) is 0 Å². The SMILES string of the molecule is CC[C@H](C)C(=O)Nc1ccc(-c2ccc(NC(=O)[C@@H](C)CC)cc2)cc1. The summed E-state index contributed by atoms with van der Waals surface area (Å²) in [5.41, 5.74) is 3.73.